The van der Waals surface area contributed by atoms with E-state index in [1.165, 1.54) is 19.3 Å². The third-order valence-electron chi connectivity index (χ3n) is 5.31. The van der Waals surface area contributed by atoms with Gasteiger partial charge >= 0.3 is 0 Å². The van der Waals surface area contributed by atoms with Crippen molar-refractivity contribution in [3.8, 4) is 11.4 Å². The van der Waals surface area contributed by atoms with Crippen molar-refractivity contribution in [2.24, 2.45) is 0 Å². The zero-order chi connectivity index (χ0) is 19.9. The average molecular weight is 386 g/mol. The summed E-state index contributed by atoms with van der Waals surface area (Å²) < 4.78 is 7.03. The molecule has 0 spiro atoms. The molecule has 0 aromatic carbocycles. The number of nitrogens with one attached hydrogen (secondary N) is 1. The number of nitrogens with zero attached hydrogens (tertiary/aromatic N) is 3. The maximum Gasteiger partial charge on any atom is 0.261 e. The predicted molar refractivity (Wildman–Crippen MR) is 107 cm³/mol. The van der Waals surface area contributed by atoms with Crippen molar-refractivity contribution in [1.29, 1.82) is 0 Å². The summed E-state index contributed by atoms with van der Waals surface area (Å²) in [7, 11) is 0. The number of aryl methyl sites for hydroxylation is 2. The Balaban J connectivity index is 1.55. The summed E-state index contributed by atoms with van der Waals surface area (Å²) in [6, 6.07) is 3.98. The molecule has 1 aliphatic carbocycles. The molecule has 1 saturated carbocycles. The van der Waals surface area contributed by atoms with Crippen LogP contribution in [0.4, 0.5) is 0 Å². The molecule has 1 aliphatic rings. The van der Waals surface area contributed by atoms with Crippen LogP contribution in [0.1, 0.15) is 69.9 Å². The van der Waals surface area contributed by atoms with Gasteiger partial charge in [0.15, 0.2) is 0 Å². The third kappa shape index (κ3) is 5.09. The summed E-state index contributed by atoms with van der Waals surface area (Å²) in [4.78, 5) is 29.1. The Labute approximate surface area is 165 Å². The number of hydrogen-bond donors (Lipinski definition) is 1. The van der Waals surface area contributed by atoms with E-state index in [4.69, 9.17) is 4.52 Å². The number of rotatable bonds is 8. The van der Waals surface area contributed by atoms with Crippen LogP contribution in [0, 0.1) is 6.92 Å². The fraction of sp³-hybridized carbons (Fsp3) is 0.619. The molecule has 3 rings (SSSR count). The van der Waals surface area contributed by atoms with Crippen molar-refractivity contribution in [2.75, 3.05) is 0 Å². The van der Waals surface area contributed by atoms with E-state index in [0.717, 1.165) is 25.0 Å². The van der Waals surface area contributed by atoms with Gasteiger partial charge in [0.05, 0.1) is 5.56 Å². The Bertz CT molecular complexity index is 850. The molecule has 0 aliphatic heterocycles. The van der Waals surface area contributed by atoms with Gasteiger partial charge in [-0.25, -0.2) is 0 Å². The van der Waals surface area contributed by atoms with Gasteiger partial charge in [0.1, 0.15) is 0 Å². The van der Waals surface area contributed by atoms with Gasteiger partial charge in [0, 0.05) is 31.1 Å². The van der Waals surface area contributed by atoms with E-state index >= 15 is 0 Å². The van der Waals surface area contributed by atoms with E-state index in [2.05, 4.69) is 15.5 Å². The minimum atomic E-state index is -0.0962. The summed E-state index contributed by atoms with van der Waals surface area (Å²) in [6.07, 6.45) is 8.36. The lowest BCUT2D eigenvalue weighted by Gasteiger charge is -2.22. The third-order valence-corrected chi connectivity index (χ3v) is 5.31. The Kier molecular flexibility index (Phi) is 7.01. The lowest BCUT2D eigenvalue weighted by atomic mass is 9.95. The van der Waals surface area contributed by atoms with E-state index in [0.29, 0.717) is 49.1 Å². The molecule has 0 unspecified atom stereocenters. The first-order chi connectivity index (χ1) is 13.6. The van der Waals surface area contributed by atoms with Crippen LogP contribution in [0.25, 0.3) is 11.4 Å². The van der Waals surface area contributed by atoms with Crippen molar-refractivity contribution in [3.05, 3.63) is 34.1 Å². The van der Waals surface area contributed by atoms with Crippen LogP contribution in [-0.4, -0.2) is 26.7 Å². The number of amides is 1. The Morgan fingerprint density at radius 1 is 1.29 bits per heavy atom. The standard InChI is InChI=1S/C21H30N4O3/c1-3-14-25-15(2)12-13-17(21(25)27)20-23-19(28-24-20)11-7-10-18(26)22-16-8-5-4-6-9-16/h12-13,16H,3-11,14H2,1-2H3,(H,22,26). The second-order valence-corrected chi connectivity index (χ2v) is 7.61. The van der Waals surface area contributed by atoms with Crippen molar-refractivity contribution in [1.82, 2.24) is 20.0 Å². The van der Waals surface area contributed by atoms with Crippen molar-refractivity contribution in [2.45, 2.75) is 84.2 Å². The molecule has 7 heteroatoms. The molecule has 0 bridgehead atoms. The van der Waals surface area contributed by atoms with Crippen LogP contribution in [-0.2, 0) is 17.8 Å². The maximum absolute atomic E-state index is 12.7. The highest BCUT2D eigenvalue weighted by Gasteiger charge is 2.17. The summed E-state index contributed by atoms with van der Waals surface area (Å²) in [5, 5.41) is 7.09. The lowest BCUT2D eigenvalue weighted by Crippen LogP contribution is -2.36. The zero-order valence-corrected chi connectivity index (χ0v) is 16.9. The molecule has 0 radical (unpaired) electrons. The Morgan fingerprint density at radius 2 is 2.07 bits per heavy atom. The SMILES string of the molecule is CCCn1c(C)ccc(-c2noc(CCCC(=O)NC3CCCCC3)n2)c1=O. The van der Waals surface area contributed by atoms with Gasteiger partial charge in [-0.05, 0) is 44.7 Å². The van der Waals surface area contributed by atoms with Crippen molar-refractivity contribution >= 4 is 5.91 Å². The topological polar surface area (TPSA) is 90.0 Å². The smallest absolute Gasteiger partial charge is 0.261 e. The predicted octanol–water partition coefficient (Wildman–Crippen LogP) is 3.39. The summed E-state index contributed by atoms with van der Waals surface area (Å²) in [5.41, 5.74) is 1.27. The molecule has 2 aromatic rings. The minimum absolute atomic E-state index is 0.0904. The van der Waals surface area contributed by atoms with Gasteiger partial charge < -0.3 is 14.4 Å². The second-order valence-electron chi connectivity index (χ2n) is 7.61. The summed E-state index contributed by atoms with van der Waals surface area (Å²) in [6.45, 7) is 4.62. The minimum Gasteiger partial charge on any atom is -0.353 e. The highest BCUT2D eigenvalue weighted by molar-refractivity contribution is 5.76. The van der Waals surface area contributed by atoms with Gasteiger partial charge in [-0.2, -0.15) is 4.98 Å². The molecule has 2 heterocycles. The molecule has 0 saturated heterocycles. The number of hydrogen-bond acceptors (Lipinski definition) is 5. The largest absolute Gasteiger partial charge is 0.353 e. The first kappa shape index (κ1) is 20.3. The maximum atomic E-state index is 12.7. The highest BCUT2D eigenvalue weighted by atomic mass is 16.5. The molecule has 7 nitrogen and oxygen atoms in total. The number of carbonyl (C=O) groups excluding carboxylic acids is 1. The molecule has 1 fully saturated rings. The van der Waals surface area contributed by atoms with Crippen LogP contribution in [0.15, 0.2) is 21.5 Å². The van der Waals surface area contributed by atoms with Gasteiger partial charge in [-0.3, -0.25) is 9.59 Å². The number of aromatic nitrogens is 3. The molecule has 0 atom stereocenters. The summed E-state index contributed by atoms with van der Waals surface area (Å²) >= 11 is 0. The van der Waals surface area contributed by atoms with Gasteiger partial charge in [-0.15, -0.1) is 0 Å². The molecular formula is C21H30N4O3. The van der Waals surface area contributed by atoms with Gasteiger partial charge in [0.2, 0.25) is 17.6 Å². The molecular weight excluding hydrogens is 356 g/mol. The van der Waals surface area contributed by atoms with Crippen LogP contribution in [0.3, 0.4) is 0 Å². The first-order valence-electron chi connectivity index (χ1n) is 10.4. The molecule has 28 heavy (non-hydrogen) atoms. The quantitative estimate of drug-likeness (QED) is 0.751. The van der Waals surface area contributed by atoms with Crippen LogP contribution in [0.2, 0.25) is 0 Å². The van der Waals surface area contributed by atoms with E-state index in [9.17, 15) is 9.59 Å². The fourth-order valence-corrected chi connectivity index (χ4v) is 3.76. The van der Waals surface area contributed by atoms with Crippen molar-refractivity contribution in [3.63, 3.8) is 0 Å². The summed E-state index contributed by atoms with van der Waals surface area (Å²) in [5.74, 6) is 0.867. The van der Waals surface area contributed by atoms with Crippen molar-refractivity contribution < 1.29 is 9.32 Å². The first-order valence-corrected chi connectivity index (χ1v) is 10.4. The number of carbonyl (C=O) groups is 1. The van der Waals surface area contributed by atoms with E-state index < -0.39 is 0 Å². The Hall–Kier alpha value is -2.44. The monoisotopic (exact) mass is 386 g/mol. The lowest BCUT2D eigenvalue weighted by molar-refractivity contribution is -0.122. The molecule has 1 amide bonds. The fourth-order valence-electron chi connectivity index (χ4n) is 3.76. The molecule has 1 N–H and O–H groups in total. The van der Waals surface area contributed by atoms with E-state index in [1.807, 2.05) is 19.9 Å². The van der Waals surface area contributed by atoms with Gasteiger partial charge in [0.25, 0.3) is 5.56 Å². The normalized spacial score (nSPS) is 14.9. The zero-order valence-electron chi connectivity index (χ0n) is 16.9. The van der Waals surface area contributed by atoms with Crippen LogP contribution in [0.5, 0.6) is 0 Å². The van der Waals surface area contributed by atoms with E-state index in [-0.39, 0.29) is 11.5 Å². The average Bonchev–Trinajstić information content (AvgIpc) is 3.14. The van der Waals surface area contributed by atoms with Gasteiger partial charge in [-0.1, -0.05) is 31.3 Å². The second kappa shape index (κ2) is 9.66. The highest BCUT2D eigenvalue weighted by Crippen LogP contribution is 2.18. The van der Waals surface area contributed by atoms with E-state index in [1.54, 1.807) is 10.6 Å². The molecule has 2 aromatic heterocycles. The van der Waals surface area contributed by atoms with Crippen LogP contribution >= 0.6 is 0 Å². The van der Waals surface area contributed by atoms with Crippen LogP contribution < -0.4 is 10.9 Å². The number of pyridine rings is 1. The Morgan fingerprint density at radius 3 is 2.82 bits per heavy atom. The molecule has 152 valence electrons.